The van der Waals surface area contributed by atoms with Gasteiger partial charge in [-0.25, -0.2) is 0 Å². The van der Waals surface area contributed by atoms with E-state index in [0.29, 0.717) is 29.2 Å². The first-order valence-electron chi connectivity index (χ1n) is 5.30. The minimum absolute atomic E-state index is 0.206. The third-order valence-corrected chi connectivity index (χ3v) is 3.52. The summed E-state index contributed by atoms with van der Waals surface area (Å²) in [6.45, 7) is 2.25. The molecule has 0 heterocycles. The molecule has 0 aliphatic rings. The second-order valence-electron chi connectivity index (χ2n) is 3.38. The lowest BCUT2D eigenvalue weighted by molar-refractivity contribution is 0.0956. The average Bonchev–Trinajstić information content (AvgIpc) is 2.38. The number of carbonyl (C=O) groups excluding carboxylic acids is 1. The van der Waals surface area contributed by atoms with E-state index in [1.807, 2.05) is 13.0 Å². The van der Waals surface area contributed by atoms with Crippen molar-refractivity contribution in [2.45, 2.75) is 6.92 Å². The monoisotopic (exact) mass is 250 g/mol. The number of nitrogens with zero attached hydrogens (tertiary/aromatic N) is 1. The van der Waals surface area contributed by atoms with Crippen LogP contribution in [0.15, 0.2) is 24.3 Å². The van der Waals surface area contributed by atoms with Crippen LogP contribution in [0.2, 0.25) is 0 Å². The van der Waals surface area contributed by atoms with Gasteiger partial charge in [0.2, 0.25) is 0 Å². The first-order valence-corrected chi connectivity index (χ1v) is 6.79. The zero-order valence-electron chi connectivity index (χ0n) is 9.60. The van der Waals surface area contributed by atoms with E-state index in [0.717, 1.165) is 0 Å². The maximum atomic E-state index is 11.6. The quantitative estimate of drug-likeness (QED) is 0.849. The standard InChI is InChI=1S/C12H14N2O2S/c1-2-17(16)8-7-14-12(15)11-5-3-10(9-13)4-6-11/h3-6H,2,7-8H2,1H3,(H,14,15). The predicted molar refractivity (Wildman–Crippen MR) is 67.0 cm³/mol. The van der Waals surface area contributed by atoms with Gasteiger partial charge in [-0.05, 0) is 24.3 Å². The van der Waals surface area contributed by atoms with E-state index in [2.05, 4.69) is 5.32 Å². The summed E-state index contributed by atoms with van der Waals surface area (Å²) >= 11 is 0. The topological polar surface area (TPSA) is 70.0 Å². The molecule has 1 aromatic carbocycles. The lowest BCUT2D eigenvalue weighted by Gasteiger charge is -2.04. The summed E-state index contributed by atoms with van der Waals surface area (Å²) in [6, 6.07) is 8.38. The van der Waals surface area contributed by atoms with Crippen molar-refractivity contribution in [2.75, 3.05) is 18.1 Å². The molecule has 0 spiro atoms. The van der Waals surface area contributed by atoms with Gasteiger partial charge in [0.15, 0.2) is 0 Å². The van der Waals surface area contributed by atoms with Gasteiger partial charge in [-0.2, -0.15) is 5.26 Å². The van der Waals surface area contributed by atoms with E-state index in [9.17, 15) is 9.00 Å². The summed E-state index contributed by atoms with van der Waals surface area (Å²) in [6.07, 6.45) is 0. The number of hydrogen-bond donors (Lipinski definition) is 1. The van der Waals surface area contributed by atoms with Crippen LogP contribution in [0, 0.1) is 11.3 Å². The van der Waals surface area contributed by atoms with E-state index in [-0.39, 0.29) is 5.91 Å². The molecule has 0 saturated heterocycles. The predicted octanol–water partition coefficient (Wildman–Crippen LogP) is 1.06. The van der Waals surface area contributed by atoms with Gasteiger partial charge in [0.05, 0.1) is 11.6 Å². The first kappa shape index (κ1) is 13.4. The zero-order chi connectivity index (χ0) is 12.7. The van der Waals surface area contributed by atoms with Gasteiger partial charge < -0.3 is 5.32 Å². The molecular formula is C12H14N2O2S. The van der Waals surface area contributed by atoms with Gasteiger partial charge >= 0.3 is 0 Å². The molecular weight excluding hydrogens is 236 g/mol. The molecule has 1 amide bonds. The third-order valence-electron chi connectivity index (χ3n) is 2.21. The summed E-state index contributed by atoms with van der Waals surface area (Å²) < 4.78 is 11.1. The van der Waals surface area contributed by atoms with Crippen molar-refractivity contribution in [1.82, 2.24) is 5.32 Å². The van der Waals surface area contributed by atoms with Crippen LogP contribution in [0.1, 0.15) is 22.8 Å². The molecule has 1 rings (SSSR count). The Labute approximate surface area is 103 Å². The van der Waals surface area contributed by atoms with Gasteiger partial charge in [-0.15, -0.1) is 0 Å². The maximum Gasteiger partial charge on any atom is 0.251 e. The molecule has 17 heavy (non-hydrogen) atoms. The average molecular weight is 250 g/mol. The van der Waals surface area contributed by atoms with Crippen LogP contribution in [-0.4, -0.2) is 28.2 Å². The van der Waals surface area contributed by atoms with E-state index < -0.39 is 10.8 Å². The summed E-state index contributed by atoms with van der Waals surface area (Å²) in [5, 5.41) is 11.3. The highest BCUT2D eigenvalue weighted by atomic mass is 32.2. The molecule has 1 atom stereocenters. The molecule has 90 valence electrons. The Kier molecular flexibility index (Phi) is 5.37. The molecule has 0 bridgehead atoms. The van der Waals surface area contributed by atoms with Crippen LogP contribution in [0.3, 0.4) is 0 Å². The molecule has 0 fully saturated rings. The number of rotatable bonds is 5. The zero-order valence-corrected chi connectivity index (χ0v) is 10.4. The summed E-state index contributed by atoms with van der Waals surface area (Å²) in [5.41, 5.74) is 1.03. The highest BCUT2D eigenvalue weighted by Crippen LogP contribution is 2.02. The molecule has 0 aliphatic carbocycles. The third kappa shape index (κ3) is 4.37. The Morgan fingerprint density at radius 3 is 2.59 bits per heavy atom. The maximum absolute atomic E-state index is 11.6. The first-order chi connectivity index (χ1) is 8.17. The van der Waals surface area contributed by atoms with Crippen LogP contribution in [0.25, 0.3) is 0 Å². The van der Waals surface area contributed by atoms with Crippen molar-refractivity contribution < 1.29 is 9.00 Å². The van der Waals surface area contributed by atoms with E-state index in [4.69, 9.17) is 5.26 Å². The highest BCUT2D eigenvalue weighted by molar-refractivity contribution is 7.84. The number of carbonyl (C=O) groups is 1. The van der Waals surface area contributed by atoms with Crippen molar-refractivity contribution in [1.29, 1.82) is 5.26 Å². The fourth-order valence-corrected chi connectivity index (χ4v) is 1.84. The van der Waals surface area contributed by atoms with Crippen LogP contribution >= 0.6 is 0 Å². The number of nitrogens with one attached hydrogen (secondary N) is 1. The van der Waals surface area contributed by atoms with Crippen LogP contribution in [-0.2, 0) is 10.8 Å². The molecule has 0 radical (unpaired) electrons. The Hall–Kier alpha value is -1.67. The van der Waals surface area contributed by atoms with Crippen molar-refractivity contribution >= 4 is 16.7 Å². The summed E-state index contributed by atoms with van der Waals surface area (Å²) in [5.74, 6) is 0.869. The SMILES string of the molecule is CCS(=O)CCNC(=O)c1ccc(C#N)cc1. The minimum atomic E-state index is -0.863. The van der Waals surface area contributed by atoms with Crippen molar-refractivity contribution in [3.05, 3.63) is 35.4 Å². The number of hydrogen-bond acceptors (Lipinski definition) is 3. The smallest absolute Gasteiger partial charge is 0.251 e. The Bertz CT molecular complexity index is 449. The second kappa shape index (κ2) is 6.81. The minimum Gasteiger partial charge on any atom is -0.351 e. The number of benzene rings is 1. The van der Waals surface area contributed by atoms with E-state index in [1.54, 1.807) is 24.3 Å². The normalized spacial score (nSPS) is 11.5. The molecule has 1 N–H and O–H groups in total. The number of nitriles is 1. The molecule has 0 aromatic heterocycles. The second-order valence-corrected chi connectivity index (χ2v) is 5.24. The molecule has 1 aromatic rings. The van der Waals surface area contributed by atoms with Crippen LogP contribution in [0.5, 0.6) is 0 Å². The summed E-state index contributed by atoms with van der Waals surface area (Å²) in [4.78, 5) is 11.6. The van der Waals surface area contributed by atoms with Gasteiger partial charge in [0, 0.05) is 34.4 Å². The number of amides is 1. The van der Waals surface area contributed by atoms with E-state index in [1.165, 1.54) is 0 Å². The Balaban J connectivity index is 2.47. The van der Waals surface area contributed by atoms with Gasteiger partial charge in [-0.3, -0.25) is 9.00 Å². The Morgan fingerprint density at radius 1 is 1.41 bits per heavy atom. The molecule has 4 nitrogen and oxygen atoms in total. The van der Waals surface area contributed by atoms with Crippen molar-refractivity contribution in [2.24, 2.45) is 0 Å². The largest absolute Gasteiger partial charge is 0.351 e. The van der Waals surface area contributed by atoms with Crippen molar-refractivity contribution in [3.63, 3.8) is 0 Å². The molecule has 5 heteroatoms. The van der Waals surface area contributed by atoms with Crippen LogP contribution in [0.4, 0.5) is 0 Å². The van der Waals surface area contributed by atoms with Gasteiger partial charge in [0.25, 0.3) is 5.91 Å². The molecule has 0 aliphatic heterocycles. The lowest BCUT2D eigenvalue weighted by atomic mass is 10.1. The highest BCUT2D eigenvalue weighted by Gasteiger charge is 2.05. The van der Waals surface area contributed by atoms with Crippen molar-refractivity contribution in [3.8, 4) is 6.07 Å². The van der Waals surface area contributed by atoms with E-state index >= 15 is 0 Å². The fraction of sp³-hybridized carbons (Fsp3) is 0.333. The van der Waals surface area contributed by atoms with Gasteiger partial charge in [-0.1, -0.05) is 6.92 Å². The Morgan fingerprint density at radius 2 is 2.06 bits per heavy atom. The molecule has 0 saturated carbocycles. The van der Waals surface area contributed by atoms with Gasteiger partial charge in [0.1, 0.15) is 0 Å². The van der Waals surface area contributed by atoms with Crippen LogP contribution < -0.4 is 5.32 Å². The molecule has 1 unspecified atom stereocenters. The summed E-state index contributed by atoms with van der Waals surface area (Å²) in [7, 11) is -0.863. The fourth-order valence-electron chi connectivity index (χ4n) is 1.22. The lowest BCUT2D eigenvalue weighted by Crippen LogP contribution is -2.27.